The number of halogens is 2. The Labute approximate surface area is 147 Å². The fraction of sp³-hybridized carbons (Fsp3) is 0.0588. The fourth-order valence-corrected chi connectivity index (χ4v) is 2.55. The average molecular weight is 423 g/mol. The first-order valence-corrected chi connectivity index (χ1v) is 7.91. The minimum Gasteiger partial charge on any atom is -0.321 e. The summed E-state index contributed by atoms with van der Waals surface area (Å²) in [6.07, 6.45) is 1.58. The van der Waals surface area contributed by atoms with E-state index in [9.17, 15) is 10.1 Å². The quantitative estimate of drug-likeness (QED) is 0.439. The lowest BCUT2D eigenvalue weighted by Crippen LogP contribution is -2.14. The highest BCUT2D eigenvalue weighted by atomic mass is 127. The van der Waals surface area contributed by atoms with Crippen molar-refractivity contribution in [3.63, 3.8) is 0 Å². The van der Waals surface area contributed by atoms with E-state index in [1.165, 1.54) is 0 Å². The lowest BCUT2D eigenvalue weighted by molar-refractivity contribution is -0.112. The molecule has 3 nitrogen and oxygen atoms in total. The molecular weight excluding hydrogens is 411 g/mol. The van der Waals surface area contributed by atoms with Crippen molar-refractivity contribution >= 4 is 51.9 Å². The first kappa shape index (κ1) is 16.5. The van der Waals surface area contributed by atoms with Gasteiger partial charge in [-0.05, 0) is 64.9 Å². The van der Waals surface area contributed by atoms with Crippen molar-refractivity contribution in [2.24, 2.45) is 0 Å². The van der Waals surface area contributed by atoms with E-state index in [1.54, 1.807) is 24.3 Å². The van der Waals surface area contributed by atoms with E-state index >= 15 is 0 Å². The first-order valence-electron chi connectivity index (χ1n) is 6.45. The van der Waals surface area contributed by atoms with Gasteiger partial charge in [-0.25, -0.2) is 0 Å². The molecule has 22 heavy (non-hydrogen) atoms. The molecule has 0 bridgehead atoms. The van der Waals surface area contributed by atoms with E-state index in [0.717, 1.165) is 14.7 Å². The van der Waals surface area contributed by atoms with Gasteiger partial charge in [-0.1, -0.05) is 35.9 Å². The number of amides is 1. The third-order valence-electron chi connectivity index (χ3n) is 3.09. The van der Waals surface area contributed by atoms with Crippen LogP contribution in [0, 0.1) is 21.8 Å². The Bertz CT molecular complexity index is 793. The maximum Gasteiger partial charge on any atom is 0.266 e. The van der Waals surface area contributed by atoms with Gasteiger partial charge in [0, 0.05) is 14.3 Å². The molecule has 0 aliphatic carbocycles. The second kappa shape index (κ2) is 7.43. The van der Waals surface area contributed by atoms with Gasteiger partial charge in [0.1, 0.15) is 11.6 Å². The standard InChI is InChI=1S/C17H12ClIN2O/c1-11-14(18)6-4-8-16(11)21-17(22)13(10-20)9-12-5-2-3-7-15(12)19/h2-9H,1H3,(H,21,22)/b13-9-. The van der Waals surface area contributed by atoms with E-state index in [-0.39, 0.29) is 5.57 Å². The topological polar surface area (TPSA) is 52.9 Å². The molecule has 2 aromatic rings. The van der Waals surface area contributed by atoms with Crippen molar-refractivity contribution in [1.82, 2.24) is 0 Å². The highest BCUT2D eigenvalue weighted by Gasteiger charge is 2.12. The minimum atomic E-state index is -0.451. The van der Waals surface area contributed by atoms with Gasteiger partial charge in [-0.2, -0.15) is 5.26 Å². The highest BCUT2D eigenvalue weighted by Crippen LogP contribution is 2.23. The van der Waals surface area contributed by atoms with Crippen LogP contribution in [0.1, 0.15) is 11.1 Å². The summed E-state index contributed by atoms with van der Waals surface area (Å²) in [6, 6.07) is 14.7. The van der Waals surface area contributed by atoms with Crippen molar-refractivity contribution in [2.75, 3.05) is 5.32 Å². The van der Waals surface area contributed by atoms with Crippen LogP contribution in [0.15, 0.2) is 48.0 Å². The van der Waals surface area contributed by atoms with Crippen molar-refractivity contribution in [3.05, 3.63) is 67.8 Å². The number of hydrogen-bond acceptors (Lipinski definition) is 2. The van der Waals surface area contributed by atoms with E-state index < -0.39 is 5.91 Å². The van der Waals surface area contributed by atoms with Crippen LogP contribution in [0.25, 0.3) is 6.08 Å². The van der Waals surface area contributed by atoms with Gasteiger partial charge in [-0.3, -0.25) is 4.79 Å². The zero-order valence-corrected chi connectivity index (χ0v) is 14.6. The smallest absolute Gasteiger partial charge is 0.266 e. The lowest BCUT2D eigenvalue weighted by Gasteiger charge is -2.09. The molecule has 1 N–H and O–H groups in total. The molecule has 2 aromatic carbocycles. The zero-order valence-electron chi connectivity index (χ0n) is 11.7. The Morgan fingerprint density at radius 2 is 2.00 bits per heavy atom. The zero-order chi connectivity index (χ0) is 16.1. The van der Waals surface area contributed by atoms with Gasteiger partial charge in [-0.15, -0.1) is 0 Å². The second-order valence-corrected chi connectivity index (χ2v) is 6.13. The van der Waals surface area contributed by atoms with Crippen molar-refractivity contribution in [1.29, 1.82) is 5.26 Å². The highest BCUT2D eigenvalue weighted by molar-refractivity contribution is 14.1. The summed E-state index contributed by atoms with van der Waals surface area (Å²) < 4.78 is 0.972. The molecule has 0 aromatic heterocycles. The van der Waals surface area contributed by atoms with Crippen LogP contribution in [0.3, 0.4) is 0 Å². The summed E-state index contributed by atoms with van der Waals surface area (Å²) in [6.45, 7) is 1.81. The molecule has 0 aliphatic rings. The van der Waals surface area contributed by atoms with Gasteiger partial charge in [0.2, 0.25) is 0 Å². The van der Waals surface area contributed by atoms with Crippen molar-refractivity contribution < 1.29 is 4.79 Å². The number of benzene rings is 2. The summed E-state index contributed by atoms with van der Waals surface area (Å²) in [5, 5.41) is 12.5. The summed E-state index contributed by atoms with van der Waals surface area (Å²) in [5.74, 6) is -0.451. The number of nitrogens with zero attached hydrogens (tertiary/aromatic N) is 1. The Morgan fingerprint density at radius 3 is 2.68 bits per heavy atom. The number of carbonyl (C=O) groups excluding carboxylic acids is 1. The lowest BCUT2D eigenvalue weighted by atomic mass is 10.1. The molecule has 5 heteroatoms. The summed E-state index contributed by atoms with van der Waals surface area (Å²) in [7, 11) is 0. The van der Waals surface area contributed by atoms with E-state index in [0.29, 0.717) is 10.7 Å². The monoisotopic (exact) mass is 422 g/mol. The number of carbonyl (C=O) groups is 1. The molecule has 0 radical (unpaired) electrons. The number of rotatable bonds is 3. The molecule has 110 valence electrons. The van der Waals surface area contributed by atoms with E-state index in [2.05, 4.69) is 27.9 Å². The maximum absolute atomic E-state index is 12.3. The largest absolute Gasteiger partial charge is 0.321 e. The summed E-state index contributed by atoms with van der Waals surface area (Å²) >= 11 is 8.19. The van der Waals surface area contributed by atoms with Crippen molar-refractivity contribution in [3.8, 4) is 6.07 Å². The van der Waals surface area contributed by atoms with Crippen LogP contribution in [-0.4, -0.2) is 5.91 Å². The third kappa shape index (κ3) is 3.87. The van der Waals surface area contributed by atoms with E-state index in [1.807, 2.05) is 37.3 Å². The normalized spacial score (nSPS) is 10.9. The third-order valence-corrected chi connectivity index (χ3v) is 4.48. The SMILES string of the molecule is Cc1c(Cl)cccc1NC(=O)/C(C#N)=C\c1ccccc1I. The Morgan fingerprint density at radius 1 is 1.27 bits per heavy atom. The fourth-order valence-electron chi connectivity index (χ4n) is 1.83. The second-order valence-electron chi connectivity index (χ2n) is 4.56. The molecule has 0 saturated carbocycles. The summed E-state index contributed by atoms with van der Waals surface area (Å²) in [4.78, 5) is 12.3. The molecule has 0 atom stereocenters. The summed E-state index contributed by atoms with van der Waals surface area (Å²) in [5.41, 5.74) is 2.24. The molecule has 2 rings (SSSR count). The molecular formula is C17H12ClIN2O. The Hall–Kier alpha value is -1.84. The van der Waals surface area contributed by atoms with Gasteiger partial charge in [0.05, 0.1) is 0 Å². The van der Waals surface area contributed by atoms with Crippen LogP contribution in [-0.2, 0) is 4.79 Å². The first-order chi connectivity index (χ1) is 10.5. The van der Waals surface area contributed by atoms with Gasteiger partial charge in [0.15, 0.2) is 0 Å². The average Bonchev–Trinajstić information content (AvgIpc) is 2.51. The predicted molar refractivity (Wildman–Crippen MR) is 97.6 cm³/mol. The Kier molecular flexibility index (Phi) is 5.58. The molecule has 0 fully saturated rings. The minimum absolute atomic E-state index is 0.0449. The van der Waals surface area contributed by atoms with Crippen LogP contribution >= 0.6 is 34.2 Å². The number of nitriles is 1. The van der Waals surface area contributed by atoms with Gasteiger partial charge < -0.3 is 5.32 Å². The van der Waals surface area contributed by atoms with Crippen LogP contribution < -0.4 is 5.32 Å². The molecule has 0 aliphatic heterocycles. The van der Waals surface area contributed by atoms with Crippen LogP contribution in [0.4, 0.5) is 5.69 Å². The number of hydrogen-bond donors (Lipinski definition) is 1. The molecule has 0 unspecified atom stereocenters. The molecule has 1 amide bonds. The van der Waals surface area contributed by atoms with E-state index in [4.69, 9.17) is 11.6 Å². The molecule has 0 spiro atoms. The molecule has 0 heterocycles. The van der Waals surface area contributed by atoms with Gasteiger partial charge in [0.25, 0.3) is 5.91 Å². The number of anilines is 1. The maximum atomic E-state index is 12.3. The molecule has 0 saturated heterocycles. The van der Waals surface area contributed by atoms with Crippen LogP contribution in [0.2, 0.25) is 5.02 Å². The Balaban J connectivity index is 2.29. The number of nitrogens with one attached hydrogen (secondary N) is 1. The van der Waals surface area contributed by atoms with Crippen molar-refractivity contribution in [2.45, 2.75) is 6.92 Å². The predicted octanol–water partition coefficient (Wildman–Crippen LogP) is 4.80. The van der Waals surface area contributed by atoms with Crippen LogP contribution in [0.5, 0.6) is 0 Å². The van der Waals surface area contributed by atoms with Gasteiger partial charge >= 0.3 is 0 Å².